The van der Waals surface area contributed by atoms with E-state index in [0.717, 1.165) is 19.1 Å². The number of carbonyl (C=O) groups is 1. The van der Waals surface area contributed by atoms with Crippen LogP contribution in [0.5, 0.6) is 17.2 Å². The summed E-state index contributed by atoms with van der Waals surface area (Å²) >= 11 is 12.9. The SMILES string of the molecule is CS(=O)(=O)N(CCN1CCOCC1)c1ccc(C(=O)O[C@@H](Cc2c(Cl)c[nH+]cc2Cl)c2ccc(OC(F)F)c(OCC3CC3)c2)cc1OCCO. The molecule has 278 valence electrons. The summed E-state index contributed by atoms with van der Waals surface area (Å²) < 4.78 is 81.4. The number of morpholine rings is 1. The number of hydrogen-bond acceptors (Lipinski definition) is 10. The highest BCUT2D eigenvalue weighted by Crippen LogP contribution is 2.39. The number of esters is 1. The van der Waals surface area contributed by atoms with Gasteiger partial charge < -0.3 is 28.8 Å². The van der Waals surface area contributed by atoms with Crippen LogP contribution in [-0.2, 0) is 25.9 Å². The maximum atomic E-state index is 13.8. The second kappa shape index (κ2) is 17.8. The molecule has 0 unspecified atom stereocenters. The van der Waals surface area contributed by atoms with E-state index in [-0.39, 0.29) is 64.7 Å². The van der Waals surface area contributed by atoms with Crippen LogP contribution in [0.1, 0.15) is 40.4 Å². The number of carbonyl (C=O) groups excluding carboxylic acids is 1. The topological polar surface area (TPSA) is 138 Å². The van der Waals surface area contributed by atoms with Crippen molar-refractivity contribution in [1.82, 2.24) is 4.90 Å². The Morgan fingerprint density at radius 1 is 1.06 bits per heavy atom. The van der Waals surface area contributed by atoms with E-state index in [4.69, 9.17) is 46.9 Å². The molecule has 1 aromatic heterocycles. The zero-order chi connectivity index (χ0) is 36.5. The van der Waals surface area contributed by atoms with E-state index in [1.54, 1.807) is 0 Å². The number of halogens is 4. The molecule has 3 aromatic rings. The number of H-pyrrole nitrogens is 1. The monoisotopic (exact) mass is 774 g/mol. The summed E-state index contributed by atoms with van der Waals surface area (Å²) in [5.41, 5.74) is 1.03. The van der Waals surface area contributed by atoms with Crippen LogP contribution in [0.15, 0.2) is 48.8 Å². The van der Waals surface area contributed by atoms with E-state index in [9.17, 15) is 27.1 Å². The summed E-state index contributed by atoms with van der Waals surface area (Å²) in [4.78, 5) is 18.8. The first kappa shape index (κ1) is 38.8. The molecule has 51 heavy (non-hydrogen) atoms. The highest BCUT2D eigenvalue weighted by molar-refractivity contribution is 7.92. The van der Waals surface area contributed by atoms with Gasteiger partial charge in [0.25, 0.3) is 0 Å². The van der Waals surface area contributed by atoms with Gasteiger partial charge in [-0.3, -0.25) is 9.21 Å². The van der Waals surface area contributed by atoms with E-state index in [2.05, 4.69) is 9.88 Å². The summed E-state index contributed by atoms with van der Waals surface area (Å²) in [6.45, 7) is -0.381. The molecule has 2 fully saturated rings. The number of nitrogens with zero attached hydrogens (tertiary/aromatic N) is 2. The molecule has 5 rings (SSSR count). The molecule has 2 heterocycles. The Bertz CT molecular complexity index is 1740. The van der Waals surface area contributed by atoms with Gasteiger partial charge in [0.1, 0.15) is 28.5 Å². The Kier molecular flexibility index (Phi) is 13.6. The lowest BCUT2D eigenvalue weighted by molar-refractivity contribution is -0.377. The number of aromatic nitrogens is 1. The van der Waals surface area contributed by atoms with Gasteiger partial charge >= 0.3 is 12.6 Å². The Labute approximate surface area is 305 Å². The summed E-state index contributed by atoms with van der Waals surface area (Å²) in [5.74, 6) is -0.585. The predicted molar refractivity (Wildman–Crippen MR) is 185 cm³/mol. The number of alkyl halides is 2. The molecule has 2 N–H and O–H groups in total. The van der Waals surface area contributed by atoms with E-state index in [0.29, 0.717) is 56.5 Å². The number of benzene rings is 2. The van der Waals surface area contributed by atoms with Crippen LogP contribution in [0.3, 0.4) is 0 Å². The molecular weight excluding hydrogens is 735 g/mol. The van der Waals surface area contributed by atoms with Crippen LogP contribution >= 0.6 is 23.2 Å². The van der Waals surface area contributed by atoms with Gasteiger partial charge in [-0.05, 0) is 54.7 Å². The largest absolute Gasteiger partial charge is 0.489 e. The fourth-order valence-corrected chi connectivity index (χ4v) is 6.90. The van der Waals surface area contributed by atoms with Crippen molar-refractivity contribution in [2.75, 3.05) is 69.8 Å². The van der Waals surface area contributed by atoms with Gasteiger partial charge in [0.2, 0.25) is 10.0 Å². The third-order valence-electron chi connectivity index (χ3n) is 8.30. The molecule has 2 aliphatic rings. The molecular formula is C34H40Cl2F2N3O9S+. The van der Waals surface area contributed by atoms with Crippen molar-refractivity contribution >= 4 is 44.9 Å². The van der Waals surface area contributed by atoms with Crippen molar-refractivity contribution in [2.24, 2.45) is 5.92 Å². The van der Waals surface area contributed by atoms with Gasteiger partial charge in [0.15, 0.2) is 23.9 Å². The maximum Gasteiger partial charge on any atom is 0.387 e. The van der Waals surface area contributed by atoms with Gasteiger partial charge in [-0.1, -0.05) is 29.3 Å². The van der Waals surface area contributed by atoms with Gasteiger partial charge in [-0.2, -0.15) is 8.78 Å². The zero-order valence-corrected chi connectivity index (χ0v) is 30.2. The van der Waals surface area contributed by atoms with E-state index < -0.39 is 28.7 Å². The molecule has 0 bridgehead atoms. The van der Waals surface area contributed by atoms with E-state index >= 15 is 0 Å². The van der Waals surface area contributed by atoms with Crippen LogP contribution in [0.2, 0.25) is 10.0 Å². The molecule has 1 aliphatic carbocycles. The van der Waals surface area contributed by atoms with Gasteiger partial charge in [-0.25, -0.2) is 18.2 Å². The van der Waals surface area contributed by atoms with Crippen molar-refractivity contribution in [3.63, 3.8) is 0 Å². The van der Waals surface area contributed by atoms with Crippen LogP contribution in [0, 0.1) is 5.92 Å². The number of aromatic amines is 1. The van der Waals surface area contributed by atoms with Crippen molar-refractivity contribution in [2.45, 2.75) is 32.0 Å². The Morgan fingerprint density at radius 3 is 2.43 bits per heavy atom. The summed E-state index contributed by atoms with van der Waals surface area (Å²) in [7, 11) is -3.80. The number of aliphatic hydroxyl groups is 1. The molecule has 1 aliphatic heterocycles. The first-order valence-electron chi connectivity index (χ1n) is 16.3. The van der Waals surface area contributed by atoms with Crippen LogP contribution in [0.25, 0.3) is 0 Å². The minimum Gasteiger partial charge on any atom is -0.489 e. The lowest BCUT2D eigenvalue weighted by Crippen LogP contribution is -2.43. The number of aliphatic hydroxyl groups excluding tert-OH is 1. The third kappa shape index (κ3) is 11.0. The van der Waals surface area contributed by atoms with Crippen molar-refractivity contribution in [1.29, 1.82) is 0 Å². The highest BCUT2D eigenvalue weighted by atomic mass is 35.5. The number of nitrogens with one attached hydrogen (secondary N) is 1. The normalized spacial score (nSPS) is 15.7. The lowest BCUT2D eigenvalue weighted by Gasteiger charge is -2.30. The lowest BCUT2D eigenvalue weighted by atomic mass is 10.0. The van der Waals surface area contributed by atoms with Crippen LogP contribution in [-0.4, -0.2) is 96.5 Å². The number of ether oxygens (including phenoxy) is 5. The average molecular weight is 776 g/mol. The summed E-state index contributed by atoms with van der Waals surface area (Å²) in [6.07, 6.45) is 4.97. The Balaban J connectivity index is 1.46. The predicted octanol–water partition coefficient (Wildman–Crippen LogP) is 4.81. The van der Waals surface area contributed by atoms with Gasteiger partial charge in [0.05, 0.1) is 43.9 Å². The van der Waals surface area contributed by atoms with Crippen LogP contribution in [0.4, 0.5) is 14.5 Å². The van der Waals surface area contributed by atoms with Crippen molar-refractivity contribution in [3.05, 3.63) is 75.5 Å². The molecule has 17 heteroatoms. The smallest absolute Gasteiger partial charge is 0.387 e. The second-order valence-corrected chi connectivity index (χ2v) is 14.8. The molecule has 1 saturated carbocycles. The molecule has 12 nitrogen and oxygen atoms in total. The number of rotatable bonds is 18. The molecule has 0 radical (unpaired) electrons. The third-order valence-corrected chi connectivity index (χ3v) is 10.2. The molecule has 0 amide bonds. The first-order chi connectivity index (χ1) is 24.4. The Morgan fingerprint density at radius 2 is 1.78 bits per heavy atom. The summed E-state index contributed by atoms with van der Waals surface area (Å²) in [6, 6.07) is 8.48. The molecule has 0 spiro atoms. The van der Waals surface area contributed by atoms with Crippen molar-refractivity contribution < 1.29 is 55.8 Å². The number of sulfonamides is 1. The van der Waals surface area contributed by atoms with Gasteiger partial charge in [-0.15, -0.1) is 0 Å². The maximum absolute atomic E-state index is 13.8. The van der Waals surface area contributed by atoms with Crippen LogP contribution < -0.4 is 23.5 Å². The quantitative estimate of drug-likeness (QED) is 0.179. The van der Waals surface area contributed by atoms with E-state index in [1.807, 2.05) is 0 Å². The fourth-order valence-electron chi connectivity index (χ4n) is 5.45. The number of hydrogen-bond donors (Lipinski definition) is 1. The zero-order valence-electron chi connectivity index (χ0n) is 27.9. The molecule has 2 aromatic carbocycles. The Hall–Kier alpha value is -3.47. The minimum absolute atomic E-state index is 0.00937. The van der Waals surface area contributed by atoms with Gasteiger partial charge in [0, 0.05) is 38.2 Å². The number of anilines is 1. The standard InChI is InChI=1S/C34H39Cl2F2N3O9S/c1-51(44,45)41(9-8-40-10-13-46-14-11-40)28-6-4-24(17-31(28)47-15-12-42)33(43)49-30(18-25-26(35)19-39-20-27(25)36)23-5-7-29(50-34(37)38)32(16-23)48-21-22-2-3-22/h4-7,16-17,19-20,22,30,34,42H,2-3,8-15,18,21H2,1H3/p+1/t30-/m0/s1. The number of pyridine rings is 1. The fraction of sp³-hybridized carbons (Fsp3) is 0.471. The van der Waals surface area contributed by atoms with E-state index in [1.165, 1.54) is 53.1 Å². The second-order valence-electron chi connectivity index (χ2n) is 12.1. The minimum atomic E-state index is -3.80. The summed E-state index contributed by atoms with van der Waals surface area (Å²) in [5, 5.41) is 10.1. The van der Waals surface area contributed by atoms with Crippen molar-refractivity contribution in [3.8, 4) is 17.2 Å². The highest BCUT2D eigenvalue weighted by Gasteiger charge is 2.28. The molecule has 1 saturated heterocycles. The molecule has 1 atom stereocenters. The average Bonchev–Trinajstić information content (AvgIpc) is 3.93. The first-order valence-corrected chi connectivity index (χ1v) is 19.0.